The van der Waals surface area contributed by atoms with E-state index in [0.717, 1.165) is 110 Å². The molecule has 6 nitrogen and oxygen atoms in total. The summed E-state index contributed by atoms with van der Waals surface area (Å²) in [6, 6.07) is 44.2. The molecule has 0 saturated carbocycles. The van der Waals surface area contributed by atoms with Crippen molar-refractivity contribution >= 4 is 93.9 Å². The lowest BCUT2D eigenvalue weighted by atomic mass is 9.90. The average Bonchev–Trinajstić information content (AvgIpc) is 3.93. The van der Waals surface area contributed by atoms with Gasteiger partial charge in [0.25, 0.3) is 0 Å². The molecule has 264 valence electrons. The van der Waals surface area contributed by atoms with E-state index in [1.165, 1.54) is 0 Å². The Bertz CT molecular complexity index is 3700. The van der Waals surface area contributed by atoms with Crippen molar-refractivity contribution in [3.8, 4) is 29.7 Å². The fraction of sp³-hybridized carbons (Fsp3) is 0.0588. The van der Waals surface area contributed by atoms with E-state index in [4.69, 9.17) is 8.83 Å². The summed E-state index contributed by atoms with van der Waals surface area (Å²) in [6.45, 7) is 0. The second kappa shape index (κ2) is 11.8. The van der Waals surface area contributed by atoms with Crippen LogP contribution >= 0.6 is 0 Å². The third-order valence-corrected chi connectivity index (χ3v) is 11.7. The molecule has 57 heavy (non-hydrogen) atoms. The molecular formula is C51H28N4O2. The first-order valence-corrected chi connectivity index (χ1v) is 19.1. The summed E-state index contributed by atoms with van der Waals surface area (Å²) in [5, 5.41) is 28.5. The van der Waals surface area contributed by atoms with Crippen LogP contribution in [0.2, 0.25) is 0 Å². The summed E-state index contributed by atoms with van der Waals surface area (Å²) >= 11 is 0. The Morgan fingerprint density at radius 1 is 0.579 bits per heavy atom. The highest BCUT2D eigenvalue weighted by atomic mass is 16.3. The number of para-hydroxylation sites is 3. The summed E-state index contributed by atoms with van der Waals surface area (Å²) in [4.78, 5) is 0. The van der Waals surface area contributed by atoms with Gasteiger partial charge in [0.15, 0.2) is 0 Å². The highest BCUT2D eigenvalue weighted by molar-refractivity contribution is 6.18. The summed E-state index contributed by atoms with van der Waals surface area (Å²) in [7, 11) is 0. The maximum atomic E-state index is 10.7. The molecule has 0 fully saturated rings. The smallest absolute Gasteiger partial charge is 0.137 e. The first-order valence-electron chi connectivity index (χ1n) is 19.1. The summed E-state index contributed by atoms with van der Waals surface area (Å²) in [6.07, 6.45) is 8.30. The van der Waals surface area contributed by atoms with Crippen LogP contribution in [-0.2, 0) is 0 Å². The topological polar surface area (TPSA) is 83.7 Å². The van der Waals surface area contributed by atoms with E-state index in [9.17, 15) is 10.5 Å². The molecule has 4 heterocycles. The molecule has 6 heteroatoms. The Labute approximate surface area is 325 Å². The molecule has 10 aromatic rings. The number of hydrogen-bond donors (Lipinski definition) is 0. The van der Waals surface area contributed by atoms with Crippen molar-refractivity contribution in [2.75, 3.05) is 0 Å². The molecular weight excluding hydrogens is 701 g/mol. The number of furan rings is 2. The van der Waals surface area contributed by atoms with E-state index in [1.54, 1.807) is 0 Å². The molecule has 0 spiro atoms. The number of aromatic nitrogens is 2. The Morgan fingerprint density at radius 2 is 1.26 bits per heavy atom. The lowest BCUT2D eigenvalue weighted by Gasteiger charge is -2.22. The third kappa shape index (κ3) is 4.46. The van der Waals surface area contributed by atoms with Crippen LogP contribution in [0.3, 0.4) is 0 Å². The van der Waals surface area contributed by atoms with Gasteiger partial charge in [-0.3, -0.25) is 0 Å². The maximum Gasteiger partial charge on any atom is 0.137 e. The number of fused-ring (bicyclic) bond motifs is 12. The lowest BCUT2D eigenvalue weighted by molar-refractivity contribution is 0.669. The molecule has 2 aliphatic rings. The highest BCUT2D eigenvalue weighted by Gasteiger charge is 2.26. The van der Waals surface area contributed by atoms with Gasteiger partial charge in [0.05, 0.1) is 51.2 Å². The van der Waals surface area contributed by atoms with Gasteiger partial charge in [0.1, 0.15) is 28.0 Å². The molecule has 2 aliphatic carbocycles. The van der Waals surface area contributed by atoms with Crippen LogP contribution in [0.5, 0.6) is 0 Å². The van der Waals surface area contributed by atoms with E-state index < -0.39 is 0 Å². The molecule has 0 amide bonds. The van der Waals surface area contributed by atoms with Gasteiger partial charge < -0.3 is 18.0 Å². The Kier molecular flexibility index (Phi) is 6.47. The molecule has 0 aliphatic heterocycles. The van der Waals surface area contributed by atoms with E-state index in [0.29, 0.717) is 30.4 Å². The van der Waals surface area contributed by atoms with Gasteiger partial charge in [-0.2, -0.15) is 10.5 Å². The minimum atomic E-state index is 0.549. The zero-order valence-corrected chi connectivity index (χ0v) is 30.4. The van der Waals surface area contributed by atoms with Crippen LogP contribution in [-0.4, -0.2) is 9.13 Å². The van der Waals surface area contributed by atoms with Crippen LogP contribution in [0, 0.1) is 34.5 Å². The van der Waals surface area contributed by atoms with Gasteiger partial charge in [-0.1, -0.05) is 78.7 Å². The molecule has 12 rings (SSSR count). The highest BCUT2D eigenvalue weighted by Crippen LogP contribution is 2.44. The second-order valence-corrected chi connectivity index (χ2v) is 14.8. The fourth-order valence-corrected chi connectivity index (χ4v) is 9.18. The van der Waals surface area contributed by atoms with Crippen LogP contribution in [0.15, 0.2) is 142 Å². The first kappa shape index (κ1) is 31.4. The van der Waals surface area contributed by atoms with Gasteiger partial charge in [-0.05, 0) is 72.9 Å². The SMILES string of the molecule is N#CC1=C(n2c3ccccc3c3cc4c(cc32)oc2ccccc24)C=C(c2ccc(C#N)cc2-n2c3c(c4cc5c(cc42)oc2ccccc25)C=CCC#C3)CC1. The first-order chi connectivity index (χ1) is 28.2. The predicted molar refractivity (Wildman–Crippen MR) is 229 cm³/mol. The van der Waals surface area contributed by atoms with Gasteiger partial charge in [0, 0.05) is 67.4 Å². The van der Waals surface area contributed by atoms with Crippen molar-refractivity contribution in [3.63, 3.8) is 0 Å². The van der Waals surface area contributed by atoms with E-state index in [2.05, 4.69) is 112 Å². The van der Waals surface area contributed by atoms with E-state index in [1.807, 2.05) is 54.6 Å². The molecule has 6 aromatic carbocycles. The number of rotatable bonds is 3. The summed E-state index contributed by atoms with van der Waals surface area (Å²) in [5.74, 6) is 6.84. The Hall–Kier alpha value is -7.98. The Balaban J connectivity index is 1.12. The zero-order chi connectivity index (χ0) is 37.8. The number of benzene rings is 6. The van der Waals surface area contributed by atoms with Crippen molar-refractivity contribution in [2.45, 2.75) is 19.3 Å². The van der Waals surface area contributed by atoms with Crippen molar-refractivity contribution < 1.29 is 8.83 Å². The van der Waals surface area contributed by atoms with Gasteiger partial charge in [0.2, 0.25) is 0 Å². The minimum absolute atomic E-state index is 0.549. The van der Waals surface area contributed by atoms with Crippen molar-refractivity contribution in [1.29, 1.82) is 10.5 Å². The lowest BCUT2D eigenvalue weighted by Crippen LogP contribution is -2.08. The molecule has 0 unspecified atom stereocenters. The number of hydrogen-bond acceptors (Lipinski definition) is 4. The number of nitrogens with zero attached hydrogens (tertiary/aromatic N) is 4. The molecule has 0 N–H and O–H groups in total. The van der Waals surface area contributed by atoms with Gasteiger partial charge in [-0.25, -0.2) is 0 Å². The van der Waals surface area contributed by atoms with Crippen molar-refractivity contribution in [1.82, 2.24) is 9.13 Å². The molecule has 4 aromatic heterocycles. The van der Waals surface area contributed by atoms with Gasteiger partial charge >= 0.3 is 0 Å². The molecule has 0 atom stereocenters. The summed E-state index contributed by atoms with van der Waals surface area (Å²) in [5.41, 5.74) is 13.1. The normalized spacial score (nSPS) is 14.0. The Morgan fingerprint density at radius 3 is 2.00 bits per heavy atom. The van der Waals surface area contributed by atoms with Crippen LogP contribution in [0.25, 0.3) is 99.6 Å². The summed E-state index contributed by atoms with van der Waals surface area (Å²) < 4.78 is 17.2. The second-order valence-electron chi connectivity index (χ2n) is 14.8. The van der Waals surface area contributed by atoms with Crippen molar-refractivity contribution in [2.24, 2.45) is 0 Å². The molecule has 0 saturated heterocycles. The fourth-order valence-electron chi connectivity index (χ4n) is 9.18. The third-order valence-electron chi connectivity index (χ3n) is 11.7. The maximum absolute atomic E-state index is 10.7. The van der Waals surface area contributed by atoms with Crippen molar-refractivity contribution in [3.05, 3.63) is 155 Å². The molecule has 0 radical (unpaired) electrons. The standard InChI is InChI=1S/C51H28N4O2/c52-28-30-18-21-33(45(22-30)55-43-14-3-1-2-10-34(43)39-25-41-37-13-6-9-17-49(37)57-51(41)27-47(39)55)31-19-20-32(29-53)44(23-31)54-42-15-7-4-11-35(42)38-24-40-36-12-5-8-16-48(36)56-50(40)26-46(38)54/h2,4-13,15-18,21-27H,1,19-20H2. The van der Waals surface area contributed by atoms with Crippen LogP contribution in [0.4, 0.5) is 0 Å². The van der Waals surface area contributed by atoms with E-state index in [-0.39, 0.29) is 0 Å². The van der Waals surface area contributed by atoms with E-state index >= 15 is 0 Å². The molecule has 0 bridgehead atoms. The van der Waals surface area contributed by atoms with Gasteiger partial charge in [-0.15, -0.1) is 0 Å². The van der Waals surface area contributed by atoms with Crippen LogP contribution < -0.4 is 0 Å². The average molecular weight is 729 g/mol. The monoisotopic (exact) mass is 728 g/mol. The zero-order valence-electron chi connectivity index (χ0n) is 30.4. The largest absolute Gasteiger partial charge is 0.456 e. The van der Waals surface area contributed by atoms with Crippen LogP contribution in [0.1, 0.15) is 41.6 Å². The quantitative estimate of drug-likeness (QED) is 0.170. The number of nitriles is 2. The predicted octanol–water partition coefficient (Wildman–Crippen LogP) is 12.8. The minimum Gasteiger partial charge on any atom is -0.456 e. The number of allylic oxidation sites excluding steroid dienone is 5.